The van der Waals surface area contributed by atoms with Crippen LogP contribution >= 0.6 is 0 Å². The maximum atomic E-state index is 3.61. The summed E-state index contributed by atoms with van der Waals surface area (Å²) < 4.78 is 2.38. The van der Waals surface area contributed by atoms with Gasteiger partial charge in [0.25, 0.3) is 0 Å². The Hall–Kier alpha value is -3.78. The number of rotatable bonds is 2. The van der Waals surface area contributed by atoms with Crippen molar-refractivity contribution in [3.05, 3.63) is 103 Å². The second kappa shape index (κ2) is 6.11. The summed E-state index contributed by atoms with van der Waals surface area (Å²) >= 11 is 0. The molecule has 6 rings (SSSR count). The molecule has 138 valence electrons. The van der Waals surface area contributed by atoms with Crippen LogP contribution in [0.25, 0.3) is 44.3 Å². The average Bonchev–Trinajstić information content (AvgIpc) is 3.14. The molecule has 2 heteroatoms. The summed E-state index contributed by atoms with van der Waals surface area (Å²) in [6.45, 7) is 2.09. The number of nitrogens with zero attached hydrogens (tertiary/aromatic N) is 1. The van der Waals surface area contributed by atoms with Crippen LogP contribution in [-0.4, -0.2) is 4.57 Å². The van der Waals surface area contributed by atoms with Gasteiger partial charge in [-0.05, 0) is 48.4 Å². The zero-order valence-corrected chi connectivity index (χ0v) is 16.2. The quantitative estimate of drug-likeness (QED) is 0.346. The Morgan fingerprint density at radius 3 is 2.10 bits per heavy atom. The Kier molecular flexibility index (Phi) is 3.41. The molecule has 0 unspecified atom stereocenters. The summed E-state index contributed by atoms with van der Waals surface area (Å²) in [5, 5.41) is 6.25. The van der Waals surface area contributed by atoms with E-state index in [0.717, 1.165) is 0 Å². The molecule has 2 nitrogen and oxygen atoms in total. The van der Waals surface area contributed by atoms with Gasteiger partial charge < -0.3 is 9.88 Å². The number of aromatic nitrogens is 1. The summed E-state index contributed by atoms with van der Waals surface area (Å²) in [6.07, 6.45) is 2.16. The SMILES string of the molecule is C/C=C1\Nc2cccc3c2c2c1cccc2n3-c1ccc(-c2ccccc2)cc1. The van der Waals surface area contributed by atoms with Gasteiger partial charge in [-0.25, -0.2) is 0 Å². The van der Waals surface area contributed by atoms with Crippen molar-refractivity contribution >= 4 is 33.2 Å². The summed E-state index contributed by atoms with van der Waals surface area (Å²) in [4.78, 5) is 0. The Morgan fingerprint density at radius 2 is 1.34 bits per heavy atom. The molecule has 0 aliphatic carbocycles. The van der Waals surface area contributed by atoms with Gasteiger partial charge in [-0.3, -0.25) is 0 Å². The van der Waals surface area contributed by atoms with Crippen LogP contribution in [0.4, 0.5) is 5.69 Å². The fourth-order valence-electron chi connectivity index (χ4n) is 4.59. The second-order valence-electron chi connectivity index (χ2n) is 7.48. The van der Waals surface area contributed by atoms with Gasteiger partial charge in [-0.2, -0.15) is 0 Å². The molecule has 29 heavy (non-hydrogen) atoms. The second-order valence-corrected chi connectivity index (χ2v) is 7.48. The van der Waals surface area contributed by atoms with Gasteiger partial charge >= 0.3 is 0 Å². The van der Waals surface area contributed by atoms with Crippen molar-refractivity contribution in [3.63, 3.8) is 0 Å². The Labute approximate surface area is 169 Å². The van der Waals surface area contributed by atoms with Crippen LogP contribution in [-0.2, 0) is 0 Å². The van der Waals surface area contributed by atoms with Crippen LogP contribution in [0, 0.1) is 0 Å². The van der Waals surface area contributed by atoms with Crippen molar-refractivity contribution in [3.8, 4) is 16.8 Å². The molecule has 0 radical (unpaired) electrons. The van der Waals surface area contributed by atoms with E-state index in [1.165, 1.54) is 55.6 Å². The molecule has 0 bridgehead atoms. The molecule has 0 amide bonds. The van der Waals surface area contributed by atoms with Crippen LogP contribution in [0.15, 0.2) is 97.1 Å². The lowest BCUT2D eigenvalue weighted by Crippen LogP contribution is -2.03. The van der Waals surface area contributed by atoms with Crippen LogP contribution in [0.2, 0.25) is 0 Å². The van der Waals surface area contributed by atoms with E-state index >= 15 is 0 Å². The number of allylic oxidation sites excluding steroid dienone is 1. The van der Waals surface area contributed by atoms with Crippen molar-refractivity contribution in [2.24, 2.45) is 0 Å². The van der Waals surface area contributed by atoms with Gasteiger partial charge in [0.2, 0.25) is 0 Å². The average molecular weight is 372 g/mol. The number of hydrogen-bond donors (Lipinski definition) is 1. The molecule has 5 aromatic rings. The molecule has 0 fully saturated rings. The minimum absolute atomic E-state index is 1.17. The highest BCUT2D eigenvalue weighted by Crippen LogP contribution is 2.44. The fraction of sp³-hybridized carbons (Fsp3) is 0.0370. The molecule has 0 saturated heterocycles. The van der Waals surface area contributed by atoms with E-state index in [0.29, 0.717) is 0 Å². The van der Waals surface area contributed by atoms with Gasteiger partial charge in [0.05, 0.1) is 11.0 Å². The normalized spacial score (nSPS) is 14.0. The highest BCUT2D eigenvalue weighted by molar-refractivity contribution is 6.22. The molecule has 0 atom stereocenters. The first kappa shape index (κ1) is 16.2. The number of benzene rings is 4. The maximum Gasteiger partial charge on any atom is 0.0562 e. The van der Waals surface area contributed by atoms with E-state index in [1.54, 1.807) is 0 Å². The number of hydrogen-bond acceptors (Lipinski definition) is 1. The Bertz CT molecular complexity index is 1400. The van der Waals surface area contributed by atoms with Crippen LogP contribution < -0.4 is 5.32 Å². The first-order valence-corrected chi connectivity index (χ1v) is 10.0. The zero-order chi connectivity index (χ0) is 19.4. The third-order valence-electron chi connectivity index (χ3n) is 5.90. The van der Waals surface area contributed by atoms with Crippen molar-refractivity contribution in [2.75, 3.05) is 5.32 Å². The van der Waals surface area contributed by atoms with E-state index in [1.807, 2.05) is 0 Å². The third kappa shape index (κ3) is 2.29. The number of nitrogens with one attached hydrogen (secondary N) is 1. The van der Waals surface area contributed by atoms with E-state index < -0.39 is 0 Å². The Morgan fingerprint density at radius 1 is 0.655 bits per heavy atom. The minimum atomic E-state index is 1.17. The monoisotopic (exact) mass is 372 g/mol. The van der Waals surface area contributed by atoms with Gasteiger partial charge in [-0.15, -0.1) is 0 Å². The van der Waals surface area contributed by atoms with Crippen molar-refractivity contribution < 1.29 is 0 Å². The van der Waals surface area contributed by atoms with Crippen molar-refractivity contribution in [1.29, 1.82) is 0 Å². The Balaban J connectivity index is 1.63. The highest BCUT2D eigenvalue weighted by Gasteiger charge is 2.22. The molecule has 4 aromatic carbocycles. The standard InChI is InChI=1S/C27H20N2/c1-2-22-21-10-6-12-24-26(21)27-23(28-22)11-7-13-25(27)29(24)20-16-14-19(15-17-20)18-8-4-3-5-9-18/h2-17,28H,1H3/b22-2-. The van der Waals surface area contributed by atoms with Crippen molar-refractivity contribution in [1.82, 2.24) is 4.57 Å². The largest absolute Gasteiger partial charge is 0.355 e. The zero-order valence-electron chi connectivity index (χ0n) is 16.2. The van der Waals surface area contributed by atoms with E-state index in [4.69, 9.17) is 0 Å². The number of anilines is 1. The predicted molar refractivity (Wildman–Crippen MR) is 123 cm³/mol. The molecule has 0 spiro atoms. The smallest absolute Gasteiger partial charge is 0.0562 e. The molecule has 0 saturated carbocycles. The van der Waals surface area contributed by atoms with Gasteiger partial charge in [0, 0.05) is 33.4 Å². The van der Waals surface area contributed by atoms with Gasteiger partial charge in [-0.1, -0.05) is 66.7 Å². The van der Waals surface area contributed by atoms with E-state index in [9.17, 15) is 0 Å². The maximum absolute atomic E-state index is 3.61. The lowest BCUT2D eigenvalue weighted by atomic mass is 9.98. The minimum Gasteiger partial charge on any atom is -0.355 e. The topological polar surface area (TPSA) is 17.0 Å². The summed E-state index contributed by atoms with van der Waals surface area (Å²) in [6, 6.07) is 32.5. The summed E-state index contributed by atoms with van der Waals surface area (Å²) in [5.74, 6) is 0. The molecular weight excluding hydrogens is 352 g/mol. The van der Waals surface area contributed by atoms with Crippen LogP contribution in [0.3, 0.4) is 0 Å². The molecule has 1 N–H and O–H groups in total. The predicted octanol–water partition coefficient (Wildman–Crippen LogP) is 7.24. The summed E-state index contributed by atoms with van der Waals surface area (Å²) in [5.41, 5.74) is 9.77. The van der Waals surface area contributed by atoms with Gasteiger partial charge in [0.15, 0.2) is 0 Å². The first-order valence-electron chi connectivity index (χ1n) is 10.0. The van der Waals surface area contributed by atoms with Gasteiger partial charge in [0.1, 0.15) is 0 Å². The highest BCUT2D eigenvalue weighted by atomic mass is 15.0. The van der Waals surface area contributed by atoms with E-state index in [2.05, 4.69) is 114 Å². The summed E-state index contributed by atoms with van der Waals surface area (Å²) in [7, 11) is 0. The molecule has 1 aliphatic rings. The fourth-order valence-corrected chi connectivity index (χ4v) is 4.59. The molecule has 2 heterocycles. The molecular formula is C27H20N2. The van der Waals surface area contributed by atoms with Crippen LogP contribution in [0.1, 0.15) is 12.5 Å². The lowest BCUT2D eigenvalue weighted by molar-refractivity contribution is 1.18. The molecule has 1 aliphatic heterocycles. The first-order chi connectivity index (χ1) is 14.3. The van der Waals surface area contributed by atoms with E-state index in [-0.39, 0.29) is 0 Å². The third-order valence-corrected chi connectivity index (χ3v) is 5.90. The lowest BCUT2D eigenvalue weighted by Gasteiger charge is -2.18. The van der Waals surface area contributed by atoms with Crippen molar-refractivity contribution in [2.45, 2.75) is 6.92 Å². The van der Waals surface area contributed by atoms with Crippen LogP contribution in [0.5, 0.6) is 0 Å². The molecule has 1 aromatic heterocycles.